The zero-order valence-electron chi connectivity index (χ0n) is 10.1. The van der Waals surface area contributed by atoms with Crippen LogP contribution in [0.15, 0.2) is 0 Å². The molecule has 2 rings (SSSR count). The van der Waals surface area contributed by atoms with Crippen LogP contribution in [0.1, 0.15) is 26.2 Å². The lowest BCUT2D eigenvalue weighted by Crippen LogP contribution is -2.42. The van der Waals surface area contributed by atoms with Gasteiger partial charge in [-0.15, -0.1) is 0 Å². The van der Waals surface area contributed by atoms with Crippen molar-refractivity contribution >= 4 is 5.91 Å². The summed E-state index contributed by atoms with van der Waals surface area (Å²) in [5, 5.41) is 3.27. The fourth-order valence-corrected chi connectivity index (χ4v) is 2.57. The van der Waals surface area contributed by atoms with E-state index < -0.39 is 0 Å². The van der Waals surface area contributed by atoms with Crippen molar-refractivity contribution in [2.45, 2.75) is 32.2 Å². The fraction of sp³-hybridized carbons (Fsp3) is 0.917. The maximum absolute atomic E-state index is 12.1. The molecule has 0 spiro atoms. The molecule has 2 aliphatic heterocycles. The molecule has 2 heterocycles. The highest BCUT2D eigenvalue weighted by Gasteiger charge is 2.31. The summed E-state index contributed by atoms with van der Waals surface area (Å²) in [6.45, 7) is 6.38. The van der Waals surface area contributed by atoms with Crippen molar-refractivity contribution in [2.24, 2.45) is 5.92 Å². The number of nitrogens with one attached hydrogen (secondary N) is 1. The lowest BCUT2D eigenvalue weighted by Gasteiger charge is -2.20. The van der Waals surface area contributed by atoms with E-state index in [2.05, 4.69) is 5.32 Å². The molecule has 4 heteroatoms. The van der Waals surface area contributed by atoms with Gasteiger partial charge >= 0.3 is 0 Å². The minimum absolute atomic E-state index is 0.0887. The topological polar surface area (TPSA) is 41.6 Å². The lowest BCUT2D eigenvalue weighted by atomic mass is 10.1. The summed E-state index contributed by atoms with van der Waals surface area (Å²) in [4.78, 5) is 14.1. The van der Waals surface area contributed by atoms with E-state index in [1.807, 2.05) is 11.8 Å². The zero-order valence-corrected chi connectivity index (χ0v) is 10.1. The van der Waals surface area contributed by atoms with Crippen molar-refractivity contribution in [1.82, 2.24) is 10.2 Å². The van der Waals surface area contributed by atoms with E-state index in [0.29, 0.717) is 11.8 Å². The van der Waals surface area contributed by atoms with Crippen molar-refractivity contribution in [3.05, 3.63) is 0 Å². The van der Waals surface area contributed by atoms with Gasteiger partial charge in [0.2, 0.25) is 5.91 Å². The van der Waals surface area contributed by atoms with Crippen molar-refractivity contribution < 1.29 is 9.53 Å². The van der Waals surface area contributed by atoms with Gasteiger partial charge in [0, 0.05) is 25.6 Å². The number of carbonyl (C=O) groups excluding carboxylic acids is 1. The number of hydrogen-bond acceptors (Lipinski definition) is 3. The molecule has 92 valence electrons. The molecule has 0 aromatic rings. The molecule has 2 fully saturated rings. The van der Waals surface area contributed by atoms with Gasteiger partial charge in [0.25, 0.3) is 0 Å². The Morgan fingerprint density at radius 1 is 1.50 bits per heavy atom. The summed E-state index contributed by atoms with van der Waals surface area (Å²) in [5.41, 5.74) is 0. The number of amides is 1. The molecule has 2 atom stereocenters. The highest BCUT2D eigenvalue weighted by atomic mass is 16.5. The second kappa shape index (κ2) is 5.64. The van der Waals surface area contributed by atoms with E-state index >= 15 is 0 Å². The lowest BCUT2D eigenvalue weighted by molar-refractivity contribution is -0.132. The summed E-state index contributed by atoms with van der Waals surface area (Å²) in [5.74, 6) is 0.849. The van der Waals surface area contributed by atoms with E-state index in [1.54, 1.807) is 0 Å². The minimum Gasteiger partial charge on any atom is -0.381 e. The van der Waals surface area contributed by atoms with Crippen LogP contribution in [-0.2, 0) is 9.53 Å². The Kier molecular flexibility index (Phi) is 4.18. The molecule has 1 N–H and O–H groups in total. The van der Waals surface area contributed by atoms with Crippen LogP contribution < -0.4 is 5.32 Å². The second-order valence-corrected chi connectivity index (χ2v) is 4.75. The standard InChI is InChI=1S/C12H22N2O2/c1-2-16-9-10-5-7-14(8-10)12(15)11-4-3-6-13-11/h10-11,13H,2-9H2,1H3. The third kappa shape index (κ3) is 2.74. The molecule has 16 heavy (non-hydrogen) atoms. The SMILES string of the molecule is CCOCC1CCN(C(=O)C2CCCN2)C1. The van der Waals surface area contributed by atoms with Crippen LogP contribution in [0.2, 0.25) is 0 Å². The molecule has 2 aliphatic rings. The Morgan fingerprint density at radius 2 is 2.38 bits per heavy atom. The molecule has 4 nitrogen and oxygen atoms in total. The van der Waals surface area contributed by atoms with Crippen molar-refractivity contribution in [3.8, 4) is 0 Å². The van der Waals surface area contributed by atoms with Gasteiger partial charge in [0.05, 0.1) is 12.6 Å². The predicted octanol–water partition coefficient (Wildman–Crippen LogP) is 0.623. The van der Waals surface area contributed by atoms with Crippen molar-refractivity contribution in [2.75, 3.05) is 32.8 Å². The van der Waals surface area contributed by atoms with Crippen LogP contribution in [0.3, 0.4) is 0 Å². The Bertz CT molecular complexity index is 239. The van der Waals surface area contributed by atoms with Crippen LogP contribution in [0.25, 0.3) is 0 Å². The summed E-state index contributed by atoms with van der Waals surface area (Å²) in [6.07, 6.45) is 3.23. The normalized spacial score (nSPS) is 29.9. The van der Waals surface area contributed by atoms with Crippen LogP contribution in [0.4, 0.5) is 0 Å². The molecule has 0 bridgehead atoms. The van der Waals surface area contributed by atoms with E-state index in [0.717, 1.165) is 52.1 Å². The van der Waals surface area contributed by atoms with Gasteiger partial charge in [0.15, 0.2) is 0 Å². The van der Waals surface area contributed by atoms with Gasteiger partial charge in [-0.05, 0) is 32.7 Å². The third-order valence-electron chi connectivity index (χ3n) is 3.51. The van der Waals surface area contributed by atoms with Gasteiger partial charge in [-0.1, -0.05) is 0 Å². The van der Waals surface area contributed by atoms with E-state index in [1.165, 1.54) is 0 Å². The van der Waals surface area contributed by atoms with E-state index in [4.69, 9.17) is 4.74 Å². The van der Waals surface area contributed by atoms with Crippen LogP contribution in [0, 0.1) is 5.92 Å². The average molecular weight is 226 g/mol. The largest absolute Gasteiger partial charge is 0.381 e. The molecular formula is C12H22N2O2. The van der Waals surface area contributed by atoms with Gasteiger partial charge < -0.3 is 15.0 Å². The zero-order chi connectivity index (χ0) is 11.4. The van der Waals surface area contributed by atoms with Crippen LogP contribution >= 0.6 is 0 Å². The summed E-state index contributed by atoms with van der Waals surface area (Å²) in [6, 6.07) is 0.0887. The average Bonchev–Trinajstić information content (AvgIpc) is 2.96. The van der Waals surface area contributed by atoms with Crippen LogP contribution in [-0.4, -0.2) is 49.7 Å². The maximum Gasteiger partial charge on any atom is 0.239 e. The highest BCUT2D eigenvalue weighted by molar-refractivity contribution is 5.82. The Morgan fingerprint density at radius 3 is 3.06 bits per heavy atom. The number of likely N-dealkylation sites (tertiary alicyclic amines) is 1. The first kappa shape index (κ1) is 11.9. The number of carbonyl (C=O) groups is 1. The smallest absolute Gasteiger partial charge is 0.239 e. The predicted molar refractivity (Wildman–Crippen MR) is 62.2 cm³/mol. The first-order chi connectivity index (χ1) is 7.81. The monoisotopic (exact) mass is 226 g/mol. The molecule has 2 unspecified atom stereocenters. The summed E-state index contributed by atoms with van der Waals surface area (Å²) in [7, 11) is 0. The molecular weight excluding hydrogens is 204 g/mol. The number of ether oxygens (including phenoxy) is 1. The van der Waals surface area contributed by atoms with E-state index in [-0.39, 0.29) is 6.04 Å². The maximum atomic E-state index is 12.1. The van der Waals surface area contributed by atoms with Crippen LogP contribution in [0.5, 0.6) is 0 Å². The van der Waals surface area contributed by atoms with E-state index in [9.17, 15) is 4.79 Å². The molecule has 0 aromatic carbocycles. The second-order valence-electron chi connectivity index (χ2n) is 4.75. The molecule has 0 saturated carbocycles. The highest BCUT2D eigenvalue weighted by Crippen LogP contribution is 2.19. The summed E-state index contributed by atoms with van der Waals surface area (Å²) >= 11 is 0. The summed E-state index contributed by atoms with van der Waals surface area (Å²) < 4.78 is 5.42. The number of hydrogen-bond donors (Lipinski definition) is 1. The Labute approximate surface area is 97.3 Å². The fourth-order valence-electron chi connectivity index (χ4n) is 2.57. The van der Waals surface area contributed by atoms with Gasteiger partial charge in [-0.25, -0.2) is 0 Å². The van der Waals surface area contributed by atoms with Gasteiger partial charge in [-0.3, -0.25) is 4.79 Å². The first-order valence-electron chi connectivity index (χ1n) is 6.41. The molecule has 0 radical (unpaired) electrons. The molecule has 0 aliphatic carbocycles. The third-order valence-corrected chi connectivity index (χ3v) is 3.51. The molecule has 1 amide bonds. The number of rotatable bonds is 4. The molecule has 2 saturated heterocycles. The van der Waals surface area contributed by atoms with Gasteiger partial charge in [0.1, 0.15) is 0 Å². The van der Waals surface area contributed by atoms with Crippen molar-refractivity contribution in [1.29, 1.82) is 0 Å². The minimum atomic E-state index is 0.0887. The quantitative estimate of drug-likeness (QED) is 0.764. The Balaban J connectivity index is 1.76. The number of nitrogens with zero attached hydrogens (tertiary/aromatic N) is 1. The first-order valence-corrected chi connectivity index (χ1v) is 6.41. The van der Waals surface area contributed by atoms with Crippen molar-refractivity contribution in [3.63, 3.8) is 0 Å². The molecule has 0 aromatic heterocycles. The van der Waals surface area contributed by atoms with Gasteiger partial charge in [-0.2, -0.15) is 0 Å². The Hall–Kier alpha value is -0.610.